The molecule has 3 atom stereocenters. The smallest absolute Gasteiger partial charge is 0.239 e. The van der Waals surface area contributed by atoms with Crippen LogP contribution in [0, 0.1) is 5.92 Å². The predicted octanol–water partition coefficient (Wildman–Crippen LogP) is 2.61. The van der Waals surface area contributed by atoms with Gasteiger partial charge in [-0.1, -0.05) is 30.3 Å². The van der Waals surface area contributed by atoms with Crippen LogP contribution in [0.15, 0.2) is 30.3 Å². The Morgan fingerprint density at radius 2 is 1.62 bits per heavy atom. The number of carbonyl (C=O) groups is 2. The summed E-state index contributed by atoms with van der Waals surface area (Å²) < 4.78 is 5.73. The second kappa shape index (κ2) is 8.31. The van der Waals surface area contributed by atoms with Crippen LogP contribution in [0.25, 0.3) is 0 Å². The van der Waals surface area contributed by atoms with Crippen molar-refractivity contribution in [2.75, 3.05) is 26.2 Å². The van der Waals surface area contributed by atoms with E-state index in [0.29, 0.717) is 13.1 Å². The molecule has 5 heteroatoms. The maximum Gasteiger partial charge on any atom is 0.239 e. The number of ether oxygens (including phenoxy) is 1. The first kappa shape index (κ1) is 19.1. The summed E-state index contributed by atoms with van der Waals surface area (Å²) >= 11 is 0. The van der Waals surface area contributed by atoms with Crippen LogP contribution in [-0.2, 0) is 9.53 Å². The first-order valence-electron chi connectivity index (χ1n) is 9.73. The van der Waals surface area contributed by atoms with Crippen LogP contribution in [0.4, 0.5) is 0 Å². The molecule has 0 aliphatic carbocycles. The molecule has 2 saturated heterocycles. The van der Waals surface area contributed by atoms with Crippen molar-refractivity contribution in [2.45, 2.75) is 51.9 Å². The fraction of sp³-hybridized carbons (Fsp3) is 0.619. The van der Waals surface area contributed by atoms with E-state index in [1.165, 1.54) is 0 Å². The third-order valence-corrected chi connectivity index (χ3v) is 5.60. The van der Waals surface area contributed by atoms with Crippen molar-refractivity contribution in [3.05, 3.63) is 35.9 Å². The normalized spacial score (nSPS) is 26.5. The Morgan fingerprint density at radius 1 is 1.04 bits per heavy atom. The van der Waals surface area contributed by atoms with E-state index in [1.54, 1.807) is 0 Å². The summed E-state index contributed by atoms with van der Waals surface area (Å²) in [6.45, 7) is 8.94. The van der Waals surface area contributed by atoms with Crippen molar-refractivity contribution >= 4 is 11.7 Å². The van der Waals surface area contributed by atoms with Gasteiger partial charge in [0.05, 0.1) is 18.2 Å². The Labute approximate surface area is 156 Å². The zero-order chi connectivity index (χ0) is 18.7. The SMILES string of the molecule is C[C@@H]1CN(C(=O)[C@@H](C)N2CCC(C(=O)c3ccccc3)CC2)C[C@@H](C)O1. The number of benzene rings is 1. The van der Waals surface area contributed by atoms with Crippen LogP contribution in [0.2, 0.25) is 0 Å². The molecule has 3 rings (SSSR count). The Hall–Kier alpha value is -1.72. The summed E-state index contributed by atoms with van der Waals surface area (Å²) in [5.41, 5.74) is 0.798. The lowest BCUT2D eigenvalue weighted by atomic mass is 9.88. The molecular weight excluding hydrogens is 328 g/mol. The average Bonchev–Trinajstić information content (AvgIpc) is 2.66. The number of carbonyl (C=O) groups excluding carboxylic acids is 2. The van der Waals surface area contributed by atoms with Gasteiger partial charge >= 0.3 is 0 Å². The highest BCUT2D eigenvalue weighted by Crippen LogP contribution is 2.24. The molecule has 1 aromatic rings. The summed E-state index contributed by atoms with van der Waals surface area (Å²) in [4.78, 5) is 29.7. The van der Waals surface area contributed by atoms with Crippen molar-refractivity contribution in [1.29, 1.82) is 0 Å². The highest BCUT2D eigenvalue weighted by Gasteiger charge is 2.34. The van der Waals surface area contributed by atoms with E-state index < -0.39 is 0 Å². The van der Waals surface area contributed by atoms with Gasteiger partial charge in [-0.2, -0.15) is 0 Å². The average molecular weight is 358 g/mol. The molecule has 1 amide bonds. The van der Waals surface area contributed by atoms with Gasteiger partial charge in [-0.3, -0.25) is 14.5 Å². The number of nitrogens with zero attached hydrogens (tertiary/aromatic N) is 2. The van der Waals surface area contributed by atoms with E-state index in [1.807, 2.05) is 56.0 Å². The molecule has 5 nitrogen and oxygen atoms in total. The Bertz CT molecular complexity index is 615. The summed E-state index contributed by atoms with van der Waals surface area (Å²) in [5, 5.41) is 0. The minimum atomic E-state index is -0.139. The van der Waals surface area contributed by atoms with Gasteiger partial charge in [-0.15, -0.1) is 0 Å². The number of Topliss-reactive ketones (excluding diaryl/α,β-unsaturated/α-hetero) is 1. The van der Waals surface area contributed by atoms with Crippen molar-refractivity contribution in [1.82, 2.24) is 9.80 Å². The number of rotatable bonds is 4. The molecule has 0 radical (unpaired) electrons. The highest BCUT2D eigenvalue weighted by molar-refractivity contribution is 5.97. The monoisotopic (exact) mass is 358 g/mol. The molecule has 0 saturated carbocycles. The first-order valence-corrected chi connectivity index (χ1v) is 9.73. The lowest BCUT2D eigenvalue weighted by Gasteiger charge is -2.40. The molecule has 0 spiro atoms. The summed E-state index contributed by atoms with van der Waals surface area (Å²) in [6, 6.07) is 9.39. The van der Waals surface area contributed by atoms with E-state index in [9.17, 15) is 9.59 Å². The van der Waals surface area contributed by atoms with E-state index in [-0.39, 0.29) is 35.9 Å². The van der Waals surface area contributed by atoms with E-state index >= 15 is 0 Å². The molecular formula is C21H30N2O3. The second-order valence-corrected chi connectivity index (χ2v) is 7.72. The van der Waals surface area contributed by atoms with E-state index in [0.717, 1.165) is 31.5 Å². The summed E-state index contributed by atoms with van der Waals surface area (Å²) in [6.07, 6.45) is 1.82. The Kier molecular flexibility index (Phi) is 6.09. The lowest BCUT2D eigenvalue weighted by Crippen LogP contribution is -2.55. The maximum atomic E-state index is 12.9. The Balaban J connectivity index is 1.54. The van der Waals surface area contributed by atoms with Gasteiger partial charge in [0.15, 0.2) is 5.78 Å². The number of ketones is 1. The Morgan fingerprint density at radius 3 is 2.19 bits per heavy atom. The van der Waals surface area contributed by atoms with Gasteiger partial charge in [0.2, 0.25) is 5.91 Å². The van der Waals surface area contributed by atoms with Crippen LogP contribution >= 0.6 is 0 Å². The van der Waals surface area contributed by atoms with Gasteiger partial charge in [0.25, 0.3) is 0 Å². The molecule has 2 fully saturated rings. The van der Waals surface area contributed by atoms with Crippen molar-refractivity contribution < 1.29 is 14.3 Å². The molecule has 1 aromatic carbocycles. The number of morpholine rings is 1. The second-order valence-electron chi connectivity index (χ2n) is 7.72. The van der Waals surface area contributed by atoms with Crippen molar-refractivity contribution in [3.8, 4) is 0 Å². The molecule has 0 bridgehead atoms. The van der Waals surface area contributed by atoms with Crippen LogP contribution in [0.3, 0.4) is 0 Å². The highest BCUT2D eigenvalue weighted by atomic mass is 16.5. The number of amides is 1. The fourth-order valence-electron chi connectivity index (χ4n) is 4.17. The number of piperidine rings is 1. The van der Waals surface area contributed by atoms with Crippen molar-refractivity contribution in [3.63, 3.8) is 0 Å². The maximum absolute atomic E-state index is 12.9. The minimum absolute atomic E-state index is 0.0689. The predicted molar refractivity (Wildman–Crippen MR) is 101 cm³/mol. The number of hydrogen-bond donors (Lipinski definition) is 0. The van der Waals surface area contributed by atoms with E-state index in [2.05, 4.69) is 4.90 Å². The molecule has 2 heterocycles. The van der Waals surface area contributed by atoms with Gasteiger partial charge < -0.3 is 9.64 Å². The fourth-order valence-corrected chi connectivity index (χ4v) is 4.17. The van der Waals surface area contributed by atoms with Gasteiger partial charge in [0, 0.05) is 24.6 Å². The molecule has 0 N–H and O–H groups in total. The standard InChI is InChI=1S/C21H30N2O3/c1-15-13-23(14-16(2)26-15)21(25)17(3)22-11-9-19(10-12-22)20(24)18-7-5-4-6-8-18/h4-8,15-17,19H,9-14H2,1-3H3/t15-,16-,17-/m1/s1. The van der Waals surface area contributed by atoms with Crippen LogP contribution in [0.1, 0.15) is 44.0 Å². The number of hydrogen-bond acceptors (Lipinski definition) is 4. The molecule has 0 aromatic heterocycles. The largest absolute Gasteiger partial charge is 0.372 e. The topological polar surface area (TPSA) is 49.9 Å². The van der Waals surface area contributed by atoms with Crippen LogP contribution < -0.4 is 0 Å². The van der Waals surface area contributed by atoms with Crippen LogP contribution in [-0.4, -0.2) is 65.9 Å². The third kappa shape index (κ3) is 4.33. The lowest BCUT2D eigenvalue weighted by molar-refractivity contribution is -0.148. The molecule has 26 heavy (non-hydrogen) atoms. The van der Waals surface area contributed by atoms with Gasteiger partial charge in [-0.25, -0.2) is 0 Å². The quantitative estimate of drug-likeness (QED) is 0.777. The number of likely N-dealkylation sites (tertiary alicyclic amines) is 1. The molecule has 0 unspecified atom stereocenters. The zero-order valence-electron chi connectivity index (χ0n) is 16.1. The van der Waals surface area contributed by atoms with E-state index in [4.69, 9.17) is 4.74 Å². The van der Waals surface area contributed by atoms with Crippen LogP contribution in [0.5, 0.6) is 0 Å². The molecule has 142 valence electrons. The van der Waals surface area contributed by atoms with Gasteiger partial charge in [0.1, 0.15) is 0 Å². The van der Waals surface area contributed by atoms with Crippen molar-refractivity contribution in [2.24, 2.45) is 5.92 Å². The zero-order valence-corrected chi connectivity index (χ0v) is 16.1. The third-order valence-electron chi connectivity index (χ3n) is 5.60. The summed E-state index contributed by atoms with van der Waals surface area (Å²) in [7, 11) is 0. The minimum Gasteiger partial charge on any atom is -0.372 e. The van der Waals surface area contributed by atoms with Gasteiger partial charge in [-0.05, 0) is 46.7 Å². The first-order chi connectivity index (χ1) is 12.5. The molecule has 2 aliphatic heterocycles. The summed E-state index contributed by atoms with van der Waals surface area (Å²) in [5.74, 6) is 0.485. The molecule has 2 aliphatic rings.